The van der Waals surface area contributed by atoms with Gasteiger partial charge >= 0.3 is 5.97 Å². The molecule has 0 fully saturated rings. The number of nitrogens with one attached hydrogen (secondary N) is 1. The molecular weight excluding hydrogens is 196 g/mol. The normalized spacial score (nSPS) is 8.80. The van der Waals surface area contributed by atoms with E-state index < -0.39 is 5.97 Å². The highest BCUT2D eigenvalue weighted by Gasteiger charge is 2.00. The molecule has 2 heterocycles. The summed E-state index contributed by atoms with van der Waals surface area (Å²) in [6.07, 6.45) is 3.12. The van der Waals surface area contributed by atoms with Gasteiger partial charge in [0, 0.05) is 12.4 Å². The van der Waals surface area contributed by atoms with Crippen LogP contribution in [0.5, 0.6) is 0 Å². The molecule has 6 nitrogen and oxygen atoms in total. The third-order valence-electron chi connectivity index (χ3n) is 1.41. The number of pyridine rings is 1. The van der Waals surface area contributed by atoms with Gasteiger partial charge in [-0.1, -0.05) is 6.07 Å². The van der Waals surface area contributed by atoms with E-state index in [1.807, 2.05) is 12.1 Å². The van der Waals surface area contributed by atoms with E-state index in [0.717, 1.165) is 0 Å². The maximum Gasteiger partial charge on any atom is 0.356 e. The molecule has 0 aliphatic heterocycles. The summed E-state index contributed by atoms with van der Waals surface area (Å²) in [4.78, 5) is 13.7. The van der Waals surface area contributed by atoms with Crippen molar-refractivity contribution in [3.8, 4) is 0 Å². The number of nitrogens with two attached hydrogens (primary N) is 1. The topological polar surface area (TPSA) is 105 Å². The summed E-state index contributed by atoms with van der Waals surface area (Å²) >= 11 is 0. The molecule has 0 amide bonds. The lowest BCUT2D eigenvalue weighted by molar-refractivity contribution is 0.0690. The van der Waals surface area contributed by atoms with Gasteiger partial charge < -0.3 is 10.8 Å². The first-order valence-corrected chi connectivity index (χ1v) is 4.09. The number of H-pyrrole nitrogens is 1. The molecule has 0 spiro atoms. The zero-order valence-electron chi connectivity index (χ0n) is 7.79. The van der Waals surface area contributed by atoms with Gasteiger partial charge in [-0.2, -0.15) is 5.10 Å². The van der Waals surface area contributed by atoms with E-state index in [2.05, 4.69) is 15.2 Å². The van der Waals surface area contributed by atoms with Gasteiger partial charge in [0.05, 0.1) is 0 Å². The molecule has 0 unspecified atom stereocenters. The first-order chi connectivity index (χ1) is 7.20. The van der Waals surface area contributed by atoms with Crippen LogP contribution in [0.1, 0.15) is 10.5 Å². The zero-order chi connectivity index (χ0) is 11.1. The molecule has 2 aromatic rings. The van der Waals surface area contributed by atoms with E-state index >= 15 is 0 Å². The predicted octanol–water partition coefficient (Wildman–Crippen LogP) is 0.772. The van der Waals surface area contributed by atoms with Gasteiger partial charge in [0.25, 0.3) is 0 Å². The monoisotopic (exact) mass is 206 g/mol. The number of aromatic nitrogens is 3. The largest absolute Gasteiger partial charge is 0.476 e. The summed E-state index contributed by atoms with van der Waals surface area (Å²) in [5.74, 6) is -0.436. The van der Waals surface area contributed by atoms with Crippen LogP contribution in [0.4, 0.5) is 5.82 Å². The molecule has 0 aliphatic carbocycles. The molecule has 78 valence electrons. The van der Waals surface area contributed by atoms with Crippen molar-refractivity contribution in [2.24, 2.45) is 0 Å². The number of nitrogen functional groups attached to an aromatic ring is 1. The molecule has 4 N–H and O–H groups in total. The Morgan fingerprint density at radius 1 is 1.40 bits per heavy atom. The molecule has 2 aromatic heterocycles. The molecule has 0 aromatic carbocycles. The minimum Gasteiger partial charge on any atom is -0.476 e. The number of nitrogens with zero attached hydrogens (tertiary/aromatic N) is 2. The second kappa shape index (κ2) is 5.38. The van der Waals surface area contributed by atoms with E-state index in [9.17, 15) is 4.79 Å². The second-order valence-electron chi connectivity index (χ2n) is 2.52. The van der Waals surface area contributed by atoms with Gasteiger partial charge in [-0.05, 0) is 18.2 Å². The number of hydrogen-bond donors (Lipinski definition) is 3. The van der Waals surface area contributed by atoms with E-state index in [4.69, 9.17) is 10.8 Å². The van der Waals surface area contributed by atoms with Gasteiger partial charge in [-0.15, -0.1) is 0 Å². The summed E-state index contributed by atoms with van der Waals surface area (Å²) in [5, 5.41) is 14.0. The third-order valence-corrected chi connectivity index (χ3v) is 1.41. The molecule has 0 saturated heterocycles. The molecule has 0 saturated carbocycles. The Morgan fingerprint density at radius 2 is 2.20 bits per heavy atom. The first-order valence-electron chi connectivity index (χ1n) is 4.09. The number of carboxylic acid groups (broad SMARTS) is 1. The second-order valence-corrected chi connectivity index (χ2v) is 2.52. The fourth-order valence-electron chi connectivity index (χ4n) is 0.755. The summed E-state index contributed by atoms with van der Waals surface area (Å²) < 4.78 is 0. The molecule has 0 atom stereocenters. The van der Waals surface area contributed by atoms with Crippen molar-refractivity contribution in [3.05, 3.63) is 42.4 Å². The number of carbonyl (C=O) groups is 1. The Morgan fingerprint density at radius 3 is 2.47 bits per heavy atom. The van der Waals surface area contributed by atoms with Gasteiger partial charge in [0.2, 0.25) is 0 Å². The van der Waals surface area contributed by atoms with E-state index in [-0.39, 0.29) is 5.69 Å². The van der Waals surface area contributed by atoms with E-state index in [1.165, 1.54) is 12.3 Å². The number of rotatable bonds is 1. The number of anilines is 1. The molecule has 0 bridgehead atoms. The van der Waals surface area contributed by atoms with Crippen LogP contribution in [0.3, 0.4) is 0 Å². The van der Waals surface area contributed by atoms with Crippen LogP contribution in [0.25, 0.3) is 0 Å². The lowest BCUT2D eigenvalue weighted by Gasteiger charge is -1.82. The van der Waals surface area contributed by atoms with Crippen molar-refractivity contribution in [3.63, 3.8) is 0 Å². The molecular formula is C9H10N4O2. The highest BCUT2D eigenvalue weighted by molar-refractivity contribution is 5.84. The number of aromatic amines is 1. The number of hydrogen-bond acceptors (Lipinski definition) is 4. The molecule has 15 heavy (non-hydrogen) atoms. The Bertz CT molecular complexity index is 399. The van der Waals surface area contributed by atoms with Crippen LogP contribution in [0.2, 0.25) is 0 Å². The lowest BCUT2D eigenvalue weighted by Crippen LogP contribution is -1.95. The molecule has 6 heteroatoms. The molecule has 2 rings (SSSR count). The standard InChI is InChI=1S/C5H6N2.C4H4N2O2/c6-5-3-1-2-4-7-5;7-4(8)3-1-2-5-6-3/h1-4H,(H2,6,7);1-2H,(H,5,6)(H,7,8). The Hall–Kier alpha value is -2.37. The minimum absolute atomic E-state index is 0.0463. The zero-order valence-corrected chi connectivity index (χ0v) is 7.79. The van der Waals surface area contributed by atoms with Crippen molar-refractivity contribution >= 4 is 11.8 Å². The average molecular weight is 206 g/mol. The van der Waals surface area contributed by atoms with Gasteiger partial charge in [-0.3, -0.25) is 5.10 Å². The van der Waals surface area contributed by atoms with Gasteiger partial charge in [0.15, 0.2) is 5.69 Å². The van der Waals surface area contributed by atoms with Crippen LogP contribution in [-0.2, 0) is 0 Å². The summed E-state index contributed by atoms with van der Waals surface area (Å²) in [6, 6.07) is 6.82. The minimum atomic E-state index is -1.01. The first kappa shape index (κ1) is 10.7. The summed E-state index contributed by atoms with van der Waals surface area (Å²) in [5.41, 5.74) is 5.29. The fourth-order valence-corrected chi connectivity index (χ4v) is 0.755. The summed E-state index contributed by atoms with van der Waals surface area (Å²) in [7, 11) is 0. The van der Waals surface area contributed by atoms with Crippen LogP contribution in [-0.4, -0.2) is 26.3 Å². The van der Waals surface area contributed by atoms with Crippen molar-refractivity contribution in [1.82, 2.24) is 15.2 Å². The Balaban J connectivity index is 0.000000151. The Kier molecular flexibility index (Phi) is 3.84. The summed E-state index contributed by atoms with van der Waals surface area (Å²) in [6.45, 7) is 0. The SMILES string of the molecule is Nc1ccccn1.O=C(O)c1cc[nH]n1. The predicted molar refractivity (Wildman–Crippen MR) is 54.2 cm³/mol. The van der Waals surface area contributed by atoms with Crippen molar-refractivity contribution in [1.29, 1.82) is 0 Å². The maximum absolute atomic E-state index is 9.98. The van der Waals surface area contributed by atoms with Crippen LogP contribution >= 0.6 is 0 Å². The smallest absolute Gasteiger partial charge is 0.356 e. The van der Waals surface area contributed by atoms with Crippen molar-refractivity contribution < 1.29 is 9.90 Å². The van der Waals surface area contributed by atoms with Crippen LogP contribution in [0.15, 0.2) is 36.7 Å². The number of carboxylic acids is 1. The van der Waals surface area contributed by atoms with Crippen LogP contribution in [0, 0.1) is 0 Å². The van der Waals surface area contributed by atoms with Gasteiger partial charge in [0.1, 0.15) is 5.82 Å². The fraction of sp³-hybridized carbons (Fsp3) is 0. The quantitative estimate of drug-likeness (QED) is 0.639. The van der Waals surface area contributed by atoms with Crippen LogP contribution < -0.4 is 5.73 Å². The third kappa shape index (κ3) is 3.90. The van der Waals surface area contributed by atoms with E-state index in [1.54, 1.807) is 12.3 Å². The highest BCUT2D eigenvalue weighted by atomic mass is 16.4. The van der Waals surface area contributed by atoms with Crippen molar-refractivity contribution in [2.75, 3.05) is 5.73 Å². The molecule has 0 radical (unpaired) electrons. The van der Waals surface area contributed by atoms with E-state index in [0.29, 0.717) is 5.82 Å². The highest BCUT2D eigenvalue weighted by Crippen LogP contribution is 1.89. The number of aromatic carboxylic acids is 1. The lowest BCUT2D eigenvalue weighted by atomic mass is 10.5. The average Bonchev–Trinajstić information content (AvgIpc) is 2.72. The van der Waals surface area contributed by atoms with Crippen molar-refractivity contribution in [2.45, 2.75) is 0 Å². The Labute approximate surface area is 85.8 Å². The van der Waals surface area contributed by atoms with Gasteiger partial charge in [-0.25, -0.2) is 9.78 Å². The maximum atomic E-state index is 9.98. The molecule has 0 aliphatic rings.